The summed E-state index contributed by atoms with van der Waals surface area (Å²) in [6.07, 6.45) is 3.83. The molecule has 2 N–H and O–H groups in total. The van der Waals surface area contributed by atoms with E-state index in [1.165, 1.54) is 17.2 Å². The lowest BCUT2D eigenvalue weighted by Crippen LogP contribution is -2.24. The molecule has 0 saturated carbocycles. The molecule has 3 heteroatoms. The fraction of sp³-hybridized carbons (Fsp3) is 0.250. The van der Waals surface area contributed by atoms with E-state index in [0.29, 0.717) is 0 Å². The summed E-state index contributed by atoms with van der Waals surface area (Å²) < 4.78 is 0. The Labute approximate surface area is 88.4 Å². The number of hydrogen-bond acceptors (Lipinski definition) is 2. The van der Waals surface area contributed by atoms with Gasteiger partial charge in [0, 0.05) is 12.6 Å². The van der Waals surface area contributed by atoms with Crippen molar-refractivity contribution in [3.63, 3.8) is 0 Å². The molecule has 0 spiro atoms. The zero-order valence-corrected chi connectivity index (χ0v) is 8.36. The largest absolute Gasteiger partial charge is 0.478 e. The van der Waals surface area contributed by atoms with Crippen LogP contribution in [0.4, 0.5) is 0 Å². The average Bonchev–Trinajstić information content (AvgIpc) is 2.26. The zero-order chi connectivity index (χ0) is 10.7. The van der Waals surface area contributed by atoms with Crippen LogP contribution >= 0.6 is 0 Å². The minimum atomic E-state index is -0.901. The highest BCUT2D eigenvalue weighted by atomic mass is 16.4. The van der Waals surface area contributed by atoms with Gasteiger partial charge in [0.2, 0.25) is 0 Å². The topological polar surface area (TPSA) is 49.3 Å². The number of carboxylic acids is 1. The van der Waals surface area contributed by atoms with Crippen LogP contribution in [0.3, 0.4) is 0 Å². The molecule has 1 aliphatic heterocycles. The summed E-state index contributed by atoms with van der Waals surface area (Å²) in [4.78, 5) is 10.4. The van der Waals surface area contributed by atoms with E-state index in [1.807, 2.05) is 12.1 Å². The molecule has 0 saturated heterocycles. The number of fused-ring (bicyclic) bond motifs is 1. The number of benzene rings is 1. The van der Waals surface area contributed by atoms with Gasteiger partial charge in [0.15, 0.2) is 0 Å². The van der Waals surface area contributed by atoms with Crippen molar-refractivity contribution < 1.29 is 9.90 Å². The van der Waals surface area contributed by atoms with Crippen LogP contribution in [0, 0.1) is 0 Å². The maximum atomic E-state index is 10.4. The third kappa shape index (κ3) is 2.25. The molecule has 0 aliphatic carbocycles. The Hall–Kier alpha value is -1.61. The quantitative estimate of drug-likeness (QED) is 0.715. The standard InChI is InChI=1S/C12H13NO2/c14-12(15)5-4-9-2-1-3-10-8-13-7-6-11(9)10/h1-5,13H,6-8H2,(H,14,15). The molecular weight excluding hydrogens is 190 g/mol. The van der Waals surface area contributed by atoms with Crippen LogP contribution < -0.4 is 5.32 Å². The number of carboxylic acid groups (broad SMARTS) is 1. The second-order valence-electron chi connectivity index (χ2n) is 3.58. The van der Waals surface area contributed by atoms with Crippen LogP contribution in [-0.4, -0.2) is 17.6 Å². The molecule has 1 aromatic carbocycles. The number of rotatable bonds is 2. The van der Waals surface area contributed by atoms with E-state index in [9.17, 15) is 4.79 Å². The summed E-state index contributed by atoms with van der Waals surface area (Å²) >= 11 is 0. The Morgan fingerprint density at radius 3 is 3.13 bits per heavy atom. The molecule has 0 unspecified atom stereocenters. The molecule has 0 radical (unpaired) electrons. The zero-order valence-electron chi connectivity index (χ0n) is 8.36. The van der Waals surface area contributed by atoms with E-state index < -0.39 is 5.97 Å². The minimum Gasteiger partial charge on any atom is -0.478 e. The first-order valence-electron chi connectivity index (χ1n) is 5.00. The van der Waals surface area contributed by atoms with Crippen LogP contribution in [0.5, 0.6) is 0 Å². The molecule has 0 aromatic heterocycles. The van der Waals surface area contributed by atoms with Gasteiger partial charge in [-0.25, -0.2) is 4.79 Å². The Balaban J connectivity index is 2.35. The molecule has 0 amide bonds. The predicted octanol–water partition coefficient (Wildman–Crippen LogP) is 1.43. The van der Waals surface area contributed by atoms with E-state index in [1.54, 1.807) is 6.08 Å². The summed E-state index contributed by atoms with van der Waals surface area (Å²) in [5.41, 5.74) is 3.57. The Bertz CT molecular complexity index is 410. The number of carbonyl (C=O) groups is 1. The smallest absolute Gasteiger partial charge is 0.328 e. The van der Waals surface area contributed by atoms with E-state index >= 15 is 0 Å². The van der Waals surface area contributed by atoms with Gasteiger partial charge in [0.25, 0.3) is 0 Å². The normalized spacial score (nSPS) is 15.2. The van der Waals surface area contributed by atoms with E-state index in [2.05, 4.69) is 11.4 Å². The summed E-state index contributed by atoms with van der Waals surface area (Å²) in [6, 6.07) is 6.01. The molecule has 2 rings (SSSR count). The predicted molar refractivity (Wildman–Crippen MR) is 58.5 cm³/mol. The second kappa shape index (κ2) is 4.28. The summed E-state index contributed by atoms with van der Waals surface area (Å²) in [5, 5.41) is 11.9. The molecule has 3 nitrogen and oxygen atoms in total. The first-order valence-corrected chi connectivity index (χ1v) is 5.00. The molecule has 78 valence electrons. The van der Waals surface area contributed by atoms with Crippen molar-refractivity contribution in [1.82, 2.24) is 5.32 Å². The van der Waals surface area contributed by atoms with Gasteiger partial charge >= 0.3 is 5.97 Å². The highest BCUT2D eigenvalue weighted by molar-refractivity contribution is 5.85. The SMILES string of the molecule is O=C(O)C=Cc1cccc2c1CCNC2. The Morgan fingerprint density at radius 1 is 1.47 bits per heavy atom. The Kier molecular flexibility index (Phi) is 2.83. The van der Waals surface area contributed by atoms with Gasteiger partial charge in [-0.05, 0) is 35.7 Å². The van der Waals surface area contributed by atoms with E-state index in [4.69, 9.17) is 5.11 Å². The fourth-order valence-electron chi connectivity index (χ4n) is 1.88. The van der Waals surface area contributed by atoms with Crippen molar-refractivity contribution >= 4 is 12.0 Å². The van der Waals surface area contributed by atoms with Gasteiger partial charge in [-0.1, -0.05) is 18.2 Å². The maximum absolute atomic E-state index is 10.4. The molecule has 0 atom stereocenters. The molecule has 15 heavy (non-hydrogen) atoms. The first-order chi connectivity index (χ1) is 7.27. The van der Waals surface area contributed by atoms with Crippen molar-refractivity contribution in [3.05, 3.63) is 41.0 Å². The number of hydrogen-bond donors (Lipinski definition) is 2. The number of aliphatic carboxylic acids is 1. The van der Waals surface area contributed by atoms with Gasteiger partial charge in [-0.3, -0.25) is 0 Å². The minimum absolute atomic E-state index is 0.879. The highest BCUT2D eigenvalue weighted by Gasteiger charge is 2.10. The van der Waals surface area contributed by atoms with E-state index in [0.717, 1.165) is 25.1 Å². The maximum Gasteiger partial charge on any atom is 0.328 e. The van der Waals surface area contributed by atoms with Crippen molar-refractivity contribution in [3.8, 4) is 0 Å². The molecule has 1 heterocycles. The first kappa shape index (κ1) is 9.93. The van der Waals surface area contributed by atoms with Crippen molar-refractivity contribution in [2.24, 2.45) is 0 Å². The van der Waals surface area contributed by atoms with Gasteiger partial charge in [0.1, 0.15) is 0 Å². The van der Waals surface area contributed by atoms with Gasteiger partial charge in [0.05, 0.1) is 0 Å². The fourth-order valence-corrected chi connectivity index (χ4v) is 1.88. The number of nitrogens with one attached hydrogen (secondary N) is 1. The summed E-state index contributed by atoms with van der Waals surface area (Å²) in [5.74, 6) is -0.901. The van der Waals surface area contributed by atoms with Crippen LogP contribution in [0.15, 0.2) is 24.3 Å². The average molecular weight is 203 g/mol. The van der Waals surface area contributed by atoms with Crippen molar-refractivity contribution in [2.75, 3.05) is 6.54 Å². The van der Waals surface area contributed by atoms with Crippen molar-refractivity contribution in [2.45, 2.75) is 13.0 Å². The van der Waals surface area contributed by atoms with Gasteiger partial charge < -0.3 is 10.4 Å². The summed E-state index contributed by atoms with van der Waals surface area (Å²) in [7, 11) is 0. The van der Waals surface area contributed by atoms with E-state index in [-0.39, 0.29) is 0 Å². The lowest BCUT2D eigenvalue weighted by Gasteiger charge is -2.18. The third-order valence-electron chi connectivity index (χ3n) is 2.58. The Morgan fingerprint density at radius 2 is 2.33 bits per heavy atom. The van der Waals surface area contributed by atoms with Gasteiger partial charge in [-0.15, -0.1) is 0 Å². The van der Waals surface area contributed by atoms with Crippen molar-refractivity contribution in [1.29, 1.82) is 0 Å². The van der Waals surface area contributed by atoms with Crippen LogP contribution in [0.2, 0.25) is 0 Å². The lowest BCUT2D eigenvalue weighted by atomic mass is 9.95. The summed E-state index contributed by atoms with van der Waals surface area (Å²) in [6.45, 7) is 1.84. The van der Waals surface area contributed by atoms with Gasteiger partial charge in [-0.2, -0.15) is 0 Å². The lowest BCUT2D eigenvalue weighted by molar-refractivity contribution is -0.131. The monoisotopic (exact) mass is 203 g/mol. The van der Waals surface area contributed by atoms with Crippen LogP contribution in [-0.2, 0) is 17.8 Å². The third-order valence-corrected chi connectivity index (χ3v) is 2.58. The molecule has 0 bridgehead atoms. The van der Waals surface area contributed by atoms with Crippen LogP contribution in [0.1, 0.15) is 16.7 Å². The molecule has 0 fully saturated rings. The van der Waals surface area contributed by atoms with Crippen LogP contribution in [0.25, 0.3) is 6.08 Å². The molecule has 1 aliphatic rings. The molecule has 1 aromatic rings. The molecular formula is C12H13NO2. The highest BCUT2D eigenvalue weighted by Crippen LogP contribution is 2.19. The second-order valence-corrected chi connectivity index (χ2v) is 3.58.